The molecule has 0 saturated carbocycles. The first-order valence-corrected chi connectivity index (χ1v) is 6.87. The summed E-state index contributed by atoms with van der Waals surface area (Å²) in [6, 6.07) is 8.39. The van der Waals surface area contributed by atoms with E-state index in [1.165, 1.54) is 5.69 Å². The maximum absolute atomic E-state index is 11.7. The van der Waals surface area contributed by atoms with Crippen molar-refractivity contribution in [3.05, 3.63) is 24.3 Å². The quantitative estimate of drug-likeness (QED) is 0.829. The number of amides is 1. The third-order valence-electron chi connectivity index (χ3n) is 3.23. The fourth-order valence-corrected chi connectivity index (χ4v) is 1.95. The molecule has 0 bridgehead atoms. The smallest absolute Gasteiger partial charge is 0.228 e. The highest BCUT2D eigenvalue weighted by molar-refractivity contribution is 5.92. The molecule has 1 unspecified atom stereocenters. The van der Waals surface area contributed by atoms with Gasteiger partial charge in [0, 0.05) is 36.4 Å². The monoisotopic (exact) mass is 263 g/mol. The van der Waals surface area contributed by atoms with Crippen molar-refractivity contribution in [1.82, 2.24) is 0 Å². The van der Waals surface area contributed by atoms with Gasteiger partial charge in [-0.05, 0) is 45.0 Å². The molecule has 0 saturated heterocycles. The number of rotatable bonds is 6. The maximum atomic E-state index is 11.7. The van der Waals surface area contributed by atoms with Crippen LogP contribution in [0.15, 0.2) is 24.3 Å². The van der Waals surface area contributed by atoms with Crippen molar-refractivity contribution >= 4 is 17.3 Å². The third kappa shape index (κ3) is 4.24. The second-order valence-electron chi connectivity index (χ2n) is 5.05. The topological polar surface area (TPSA) is 58.4 Å². The van der Waals surface area contributed by atoms with Crippen molar-refractivity contribution in [3.63, 3.8) is 0 Å². The molecule has 0 aliphatic carbocycles. The molecular formula is C15H25N3O. The Kier molecular flexibility index (Phi) is 5.83. The van der Waals surface area contributed by atoms with Gasteiger partial charge in [0.15, 0.2) is 0 Å². The van der Waals surface area contributed by atoms with Gasteiger partial charge in [0.1, 0.15) is 0 Å². The van der Waals surface area contributed by atoms with E-state index in [4.69, 9.17) is 5.73 Å². The molecule has 0 heterocycles. The van der Waals surface area contributed by atoms with Crippen LogP contribution in [0, 0.1) is 5.92 Å². The number of nitrogens with two attached hydrogens (primary N) is 1. The van der Waals surface area contributed by atoms with Gasteiger partial charge in [-0.15, -0.1) is 0 Å². The molecule has 1 aromatic rings. The van der Waals surface area contributed by atoms with Gasteiger partial charge in [-0.25, -0.2) is 0 Å². The van der Waals surface area contributed by atoms with E-state index in [9.17, 15) is 4.79 Å². The first kappa shape index (κ1) is 15.5. The summed E-state index contributed by atoms with van der Waals surface area (Å²) in [5.41, 5.74) is 7.46. The molecule has 1 atom stereocenters. The zero-order valence-corrected chi connectivity index (χ0v) is 12.3. The second kappa shape index (κ2) is 7.14. The number of hydrogen-bond acceptors (Lipinski definition) is 3. The zero-order chi connectivity index (χ0) is 14.4. The normalized spacial score (nSPS) is 12.3. The summed E-state index contributed by atoms with van der Waals surface area (Å²) in [7, 11) is 0. The Balaban J connectivity index is 2.74. The SMILES string of the molecule is CCN(c1ccc(NC(=O)C(C)CN)cc1)C(C)C. The van der Waals surface area contributed by atoms with E-state index in [2.05, 4.69) is 31.0 Å². The van der Waals surface area contributed by atoms with Gasteiger partial charge in [-0.2, -0.15) is 0 Å². The molecule has 0 aliphatic rings. The highest BCUT2D eigenvalue weighted by Gasteiger charge is 2.11. The van der Waals surface area contributed by atoms with E-state index >= 15 is 0 Å². The van der Waals surface area contributed by atoms with Gasteiger partial charge in [0.2, 0.25) is 5.91 Å². The van der Waals surface area contributed by atoms with Crippen molar-refractivity contribution < 1.29 is 4.79 Å². The van der Waals surface area contributed by atoms with E-state index < -0.39 is 0 Å². The summed E-state index contributed by atoms with van der Waals surface area (Å²) in [5.74, 6) is -0.200. The third-order valence-corrected chi connectivity index (χ3v) is 3.23. The number of carbonyl (C=O) groups excluding carboxylic acids is 1. The van der Waals surface area contributed by atoms with Crippen molar-refractivity contribution in [1.29, 1.82) is 0 Å². The lowest BCUT2D eigenvalue weighted by Gasteiger charge is -2.27. The van der Waals surface area contributed by atoms with Crippen molar-refractivity contribution in [2.45, 2.75) is 33.7 Å². The van der Waals surface area contributed by atoms with Gasteiger partial charge < -0.3 is 16.0 Å². The lowest BCUT2D eigenvalue weighted by Crippen LogP contribution is -2.30. The lowest BCUT2D eigenvalue weighted by atomic mass is 10.1. The molecule has 1 aromatic carbocycles. The largest absolute Gasteiger partial charge is 0.369 e. The molecule has 4 nitrogen and oxygen atoms in total. The highest BCUT2D eigenvalue weighted by Crippen LogP contribution is 2.20. The van der Waals surface area contributed by atoms with E-state index in [-0.39, 0.29) is 11.8 Å². The second-order valence-corrected chi connectivity index (χ2v) is 5.05. The average molecular weight is 263 g/mol. The number of benzene rings is 1. The number of anilines is 2. The average Bonchev–Trinajstić information content (AvgIpc) is 2.40. The summed E-state index contributed by atoms with van der Waals surface area (Å²) in [4.78, 5) is 14.0. The number of carbonyl (C=O) groups is 1. The van der Waals surface area contributed by atoms with Crippen LogP contribution in [-0.2, 0) is 4.79 Å². The zero-order valence-electron chi connectivity index (χ0n) is 12.3. The first-order valence-electron chi connectivity index (χ1n) is 6.87. The minimum atomic E-state index is -0.164. The summed E-state index contributed by atoms with van der Waals surface area (Å²) < 4.78 is 0. The standard InChI is InChI=1S/C15H25N3O/c1-5-18(11(2)3)14-8-6-13(7-9-14)17-15(19)12(4)10-16/h6-9,11-12H,5,10,16H2,1-4H3,(H,17,19). The highest BCUT2D eigenvalue weighted by atomic mass is 16.1. The van der Waals surface area contributed by atoms with E-state index in [0.29, 0.717) is 12.6 Å². The summed E-state index contributed by atoms with van der Waals surface area (Å²) in [5, 5.41) is 2.87. The van der Waals surface area contributed by atoms with Crippen molar-refractivity contribution in [3.8, 4) is 0 Å². The summed E-state index contributed by atoms with van der Waals surface area (Å²) in [6.07, 6.45) is 0. The van der Waals surface area contributed by atoms with Crippen LogP contribution < -0.4 is 16.0 Å². The minimum Gasteiger partial charge on any atom is -0.369 e. The molecule has 1 amide bonds. The Morgan fingerprint density at radius 3 is 2.26 bits per heavy atom. The Morgan fingerprint density at radius 2 is 1.84 bits per heavy atom. The van der Waals surface area contributed by atoms with Crippen LogP contribution in [0.5, 0.6) is 0 Å². The first-order chi connectivity index (χ1) is 8.99. The molecule has 0 fully saturated rings. The fraction of sp³-hybridized carbons (Fsp3) is 0.533. The van der Waals surface area contributed by atoms with Gasteiger partial charge in [0.05, 0.1) is 0 Å². The number of hydrogen-bond donors (Lipinski definition) is 2. The summed E-state index contributed by atoms with van der Waals surface area (Å²) >= 11 is 0. The Bertz CT molecular complexity index is 400. The van der Waals surface area contributed by atoms with E-state index in [0.717, 1.165) is 12.2 Å². The Hall–Kier alpha value is -1.55. The lowest BCUT2D eigenvalue weighted by molar-refractivity contribution is -0.119. The predicted molar refractivity (Wildman–Crippen MR) is 81.4 cm³/mol. The molecule has 3 N–H and O–H groups in total. The van der Waals surface area contributed by atoms with Crippen LogP contribution >= 0.6 is 0 Å². The predicted octanol–water partition coefficient (Wildman–Crippen LogP) is 2.45. The van der Waals surface area contributed by atoms with Gasteiger partial charge in [0.25, 0.3) is 0 Å². The van der Waals surface area contributed by atoms with Gasteiger partial charge >= 0.3 is 0 Å². The number of nitrogens with zero attached hydrogens (tertiary/aromatic N) is 1. The summed E-state index contributed by atoms with van der Waals surface area (Å²) in [6.45, 7) is 9.62. The van der Waals surface area contributed by atoms with Crippen LogP contribution in [0.2, 0.25) is 0 Å². The maximum Gasteiger partial charge on any atom is 0.228 e. The Labute approximate surface area is 116 Å². The van der Waals surface area contributed by atoms with Crippen molar-refractivity contribution in [2.75, 3.05) is 23.3 Å². The van der Waals surface area contributed by atoms with Crippen LogP contribution in [-0.4, -0.2) is 25.0 Å². The van der Waals surface area contributed by atoms with Crippen molar-refractivity contribution in [2.24, 2.45) is 11.7 Å². The Morgan fingerprint density at radius 1 is 1.26 bits per heavy atom. The van der Waals surface area contributed by atoms with Crippen LogP contribution in [0.25, 0.3) is 0 Å². The van der Waals surface area contributed by atoms with Crippen LogP contribution in [0.1, 0.15) is 27.7 Å². The molecule has 0 aliphatic heterocycles. The minimum absolute atomic E-state index is 0.0357. The van der Waals surface area contributed by atoms with E-state index in [1.807, 2.05) is 31.2 Å². The number of nitrogens with one attached hydrogen (secondary N) is 1. The molecule has 0 aromatic heterocycles. The molecular weight excluding hydrogens is 238 g/mol. The van der Waals surface area contributed by atoms with Gasteiger partial charge in [-0.3, -0.25) is 4.79 Å². The molecule has 106 valence electrons. The molecule has 4 heteroatoms. The van der Waals surface area contributed by atoms with E-state index in [1.54, 1.807) is 0 Å². The van der Waals surface area contributed by atoms with Crippen LogP contribution in [0.4, 0.5) is 11.4 Å². The van der Waals surface area contributed by atoms with Gasteiger partial charge in [-0.1, -0.05) is 6.92 Å². The molecule has 19 heavy (non-hydrogen) atoms. The molecule has 0 radical (unpaired) electrons. The van der Waals surface area contributed by atoms with Crippen LogP contribution in [0.3, 0.4) is 0 Å². The fourth-order valence-electron chi connectivity index (χ4n) is 1.95. The molecule has 0 spiro atoms. The molecule has 1 rings (SSSR count).